The van der Waals surface area contributed by atoms with Crippen LogP contribution in [-0.2, 0) is 9.53 Å². The molecule has 1 aromatic carbocycles. The van der Waals surface area contributed by atoms with E-state index in [4.69, 9.17) is 4.74 Å². The second kappa shape index (κ2) is 8.97. The SMILES string of the molecule is CC(C)COC[C@H](O)CNC(=O)c1cccc(NC(=O)[C@H]2C[C@H]2C)c1. The molecule has 1 saturated carbocycles. The Balaban J connectivity index is 1.79. The van der Waals surface area contributed by atoms with Gasteiger partial charge in [0.1, 0.15) is 0 Å². The number of hydrogen-bond donors (Lipinski definition) is 3. The van der Waals surface area contributed by atoms with Gasteiger partial charge in [-0.3, -0.25) is 9.59 Å². The van der Waals surface area contributed by atoms with E-state index in [1.807, 2.05) is 20.8 Å². The van der Waals surface area contributed by atoms with Gasteiger partial charge in [0.2, 0.25) is 5.91 Å². The van der Waals surface area contributed by atoms with Gasteiger partial charge in [-0.25, -0.2) is 0 Å². The average Bonchev–Trinajstić information content (AvgIpc) is 3.29. The number of carbonyl (C=O) groups excluding carboxylic acids is 2. The third-order valence-electron chi connectivity index (χ3n) is 4.10. The van der Waals surface area contributed by atoms with Gasteiger partial charge in [0.05, 0.1) is 12.7 Å². The van der Waals surface area contributed by atoms with Crippen LogP contribution >= 0.6 is 0 Å². The van der Waals surface area contributed by atoms with E-state index in [9.17, 15) is 14.7 Å². The molecule has 0 heterocycles. The Morgan fingerprint density at radius 3 is 2.68 bits per heavy atom. The van der Waals surface area contributed by atoms with Crippen molar-refractivity contribution in [1.29, 1.82) is 0 Å². The standard InChI is InChI=1S/C19H28N2O4/c1-12(2)10-25-11-16(22)9-20-18(23)14-5-4-6-15(8-14)21-19(24)17-7-13(17)3/h4-6,8,12-13,16-17,22H,7,9-11H2,1-3H3,(H,20,23)(H,21,24)/t13-,16-,17+/m1/s1. The van der Waals surface area contributed by atoms with Crippen LogP contribution in [0.4, 0.5) is 5.69 Å². The summed E-state index contributed by atoms with van der Waals surface area (Å²) in [4.78, 5) is 24.2. The monoisotopic (exact) mass is 348 g/mol. The molecule has 2 rings (SSSR count). The zero-order valence-corrected chi connectivity index (χ0v) is 15.1. The molecule has 1 aliphatic rings. The Kier molecular flexibility index (Phi) is 6.96. The lowest BCUT2D eigenvalue weighted by Gasteiger charge is -2.14. The molecule has 6 heteroatoms. The molecule has 0 saturated heterocycles. The van der Waals surface area contributed by atoms with E-state index < -0.39 is 6.10 Å². The number of rotatable bonds is 9. The van der Waals surface area contributed by atoms with Crippen molar-refractivity contribution in [3.63, 3.8) is 0 Å². The summed E-state index contributed by atoms with van der Waals surface area (Å²) in [7, 11) is 0. The second-order valence-electron chi connectivity index (χ2n) is 7.18. The fourth-order valence-electron chi connectivity index (χ4n) is 2.47. The van der Waals surface area contributed by atoms with Crippen LogP contribution in [0.2, 0.25) is 0 Å². The summed E-state index contributed by atoms with van der Waals surface area (Å²) >= 11 is 0. The molecular weight excluding hydrogens is 320 g/mol. The third-order valence-corrected chi connectivity index (χ3v) is 4.10. The van der Waals surface area contributed by atoms with Crippen LogP contribution in [0, 0.1) is 17.8 Å². The molecule has 138 valence electrons. The number of aliphatic hydroxyl groups is 1. The lowest BCUT2D eigenvalue weighted by Crippen LogP contribution is -2.34. The molecule has 0 aliphatic heterocycles. The van der Waals surface area contributed by atoms with Crippen LogP contribution in [0.5, 0.6) is 0 Å². The fourth-order valence-corrected chi connectivity index (χ4v) is 2.47. The van der Waals surface area contributed by atoms with E-state index in [-0.39, 0.29) is 30.9 Å². The van der Waals surface area contributed by atoms with Crippen LogP contribution in [0.25, 0.3) is 0 Å². The molecule has 0 spiro atoms. The first-order valence-electron chi connectivity index (χ1n) is 8.81. The summed E-state index contributed by atoms with van der Waals surface area (Å²) in [5.74, 6) is 0.629. The zero-order chi connectivity index (χ0) is 18.4. The second-order valence-corrected chi connectivity index (χ2v) is 7.18. The molecule has 1 aliphatic carbocycles. The van der Waals surface area contributed by atoms with Crippen LogP contribution in [0.15, 0.2) is 24.3 Å². The van der Waals surface area contributed by atoms with Crippen LogP contribution in [-0.4, -0.2) is 42.8 Å². The Morgan fingerprint density at radius 2 is 2.04 bits per heavy atom. The molecule has 3 N–H and O–H groups in total. The molecular formula is C19H28N2O4. The maximum absolute atomic E-state index is 12.2. The number of nitrogens with one attached hydrogen (secondary N) is 2. The van der Waals surface area contributed by atoms with Crippen molar-refractivity contribution in [2.24, 2.45) is 17.8 Å². The summed E-state index contributed by atoms with van der Waals surface area (Å²) in [6, 6.07) is 6.80. The first kappa shape index (κ1) is 19.4. The number of aliphatic hydroxyl groups excluding tert-OH is 1. The minimum Gasteiger partial charge on any atom is -0.389 e. The van der Waals surface area contributed by atoms with E-state index in [0.29, 0.717) is 29.7 Å². The van der Waals surface area contributed by atoms with E-state index in [1.165, 1.54) is 0 Å². The molecule has 0 bridgehead atoms. The van der Waals surface area contributed by atoms with E-state index >= 15 is 0 Å². The quantitative estimate of drug-likeness (QED) is 0.637. The Hall–Kier alpha value is -1.92. The lowest BCUT2D eigenvalue weighted by atomic mass is 10.1. The molecule has 0 radical (unpaired) electrons. The van der Waals surface area contributed by atoms with Gasteiger partial charge in [-0.1, -0.05) is 26.8 Å². The molecule has 1 aromatic rings. The van der Waals surface area contributed by atoms with Crippen molar-refractivity contribution in [2.45, 2.75) is 33.3 Å². The fraction of sp³-hybridized carbons (Fsp3) is 0.579. The summed E-state index contributed by atoms with van der Waals surface area (Å²) < 4.78 is 5.35. The first-order chi connectivity index (χ1) is 11.9. The van der Waals surface area contributed by atoms with Gasteiger partial charge >= 0.3 is 0 Å². The molecule has 2 amide bonds. The number of anilines is 1. The van der Waals surface area contributed by atoms with Gasteiger partial charge in [-0.15, -0.1) is 0 Å². The van der Waals surface area contributed by atoms with Crippen molar-refractivity contribution in [1.82, 2.24) is 5.32 Å². The van der Waals surface area contributed by atoms with Crippen LogP contribution in [0.1, 0.15) is 37.6 Å². The third kappa shape index (κ3) is 6.48. The summed E-state index contributed by atoms with van der Waals surface area (Å²) in [5.41, 5.74) is 1.05. The molecule has 1 fully saturated rings. The summed E-state index contributed by atoms with van der Waals surface area (Å²) in [6.45, 7) is 6.99. The predicted molar refractivity (Wildman–Crippen MR) is 96.3 cm³/mol. The van der Waals surface area contributed by atoms with Gasteiger partial charge < -0.3 is 20.5 Å². The topological polar surface area (TPSA) is 87.7 Å². The highest BCUT2D eigenvalue weighted by Crippen LogP contribution is 2.38. The Labute approximate surface area is 149 Å². The summed E-state index contributed by atoms with van der Waals surface area (Å²) in [5, 5.41) is 15.3. The van der Waals surface area contributed by atoms with E-state index in [1.54, 1.807) is 24.3 Å². The number of hydrogen-bond acceptors (Lipinski definition) is 4. The number of ether oxygens (including phenoxy) is 1. The molecule has 3 atom stereocenters. The lowest BCUT2D eigenvalue weighted by molar-refractivity contribution is -0.117. The Bertz CT molecular complexity index is 603. The maximum Gasteiger partial charge on any atom is 0.251 e. The van der Waals surface area contributed by atoms with Gasteiger partial charge in [0.25, 0.3) is 5.91 Å². The first-order valence-corrected chi connectivity index (χ1v) is 8.81. The van der Waals surface area contributed by atoms with Crippen molar-refractivity contribution >= 4 is 17.5 Å². The van der Waals surface area contributed by atoms with Gasteiger partial charge in [0.15, 0.2) is 0 Å². The van der Waals surface area contributed by atoms with Crippen molar-refractivity contribution in [2.75, 3.05) is 25.1 Å². The van der Waals surface area contributed by atoms with Gasteiger partial charge in [-0.2, -0.15) is 0 Å². The highest BCUT2D eigenvalue weighted by molar-refractivity contribution is 5.98. The Morgan fingerprint density at radius 1 is 1.32 bits per heavy atom. The van der Waals surface area contributed by atoms with Gasteiger partial charge in [0, 0.05) is 30.3 Å². The average molecular weight is 348 g/mol. The minimum absolute atomic E-state index is 0.00258. The normalized spacial score (nSPS) is 20.2. The van der Waals surface area contributed by atoms with E-state index in [0.717, 1.165) is 6.42 Å². The number of carbonyl (C=O) groups is 2. The molecule has 0 unspecified atom stereocenters. The van der Waals surface area contributed by atoms with E-state index in [2.05, 4.69) is 10.6 Å². The largest absolute Gasteiger partial charge is 0.389 e. The smallest absolute Gasteiger partial charge is 0.251 e. The van der Waals surface area contributed by atoms with Crippen LogP contribution < -0.4 is 10.6 Å². The highest BCUT2D eigenvalue weighted by Gasteiger charge is 2.39. The van der Waals surface area contributed by atoms with Crippen molar-refractivity contribution < 1.29 is 19.4 Å². The summed E-state index contributed by atoms with van der Waals surface area (Å²) in [6.07, 6.45) is 0.171. The molecule has 25 heavy (non-hydrogen) atoms. The number of amides is 2. The predicted octanol–water partition coefficient (Wildman–Crippen LogP) is 2.04. The highest BCUT2D eigenvalue weighted by atomic mass is 16.5. The number of benzene rings is 1. The molecule has 6 nitrogen and oxygen atoms in total. The maximum atomic E-state index is 12.2. The van der Waals surface area contributed by atoms with Gasteiger partial charge in [-0.05, 0) is 36.5 Å². The molecule has 0 aromatic heterocycles. The zero-order valence-electron chi connectivity index (χ0n) is 15.1. The van der Waals surface area contributed by atoms with Crippen molar-refractivity contribution in [3.8, 4) is 0 Å². The van der Waals surface area contributed by atoms with Crippen molar-refractivity contribution in [3.05, 3.63) is 29.8 Å². The van der Waals surface area contributed by atoms with Crippen LogP contribution in [0.3, 0.4) is 0 Å². The minimum atomic E-state index is -0.748.